The standard InChI is InChI=1S/C15H22N4O2/c1-18-7-9-19(2,10-8-18)12-15(21)17-16-11-13-5-3-4-6-14(13)20/h3-6,11H,7-10,12H2,1-2H3,(H-,16,17,20,21)/p+1. The highest BCUT2D eigenvalue weighted by Crippen LogP contribution is 2.12. The molecule has 0 bridgehead atoms. The molecule has 0 aliphatic carbocycles. The number of phenols is 1. The number of phenolic OH excluding ortho intramolecular Hbond substituents is 1. The van der Waals surface area contributed by atoms with E-state index in [4.69, 9.17) is 0 Å². The third kappa shape index (κ3) is 4.54. The first kappa shape index (κ1) is 15.5. The highest BCUT2D eigenvalue weighted by molar-refractivity contribution is 5.85. The van der Waals surface area contributed by atoms with Gasteiger partial charge in [0, 0.05) is 18.7 Å². The van der Waals surface area contributed by atoms with Crippen LogP contribution in [0.2, 0.25) is 0 Å². The molecule has 0 atom stereocenters. The van der Waals surface area contributed by atoms with Gasteiger partial charge < -0.3 is 9.59 Å². The zero-order valence-electron chi connectivity index (χ0n) is 12.6. The summed E-state index contributed by atoms with van der Waals surface area (Å²) in [5.74, 6) is 0.0438. The van der Waals surface area contributed by atoms with Gasteiger partial charge in [0.2, 0.25) is 0 Å². The van der Waals surface area contributed by atoms with Gasteiger partial charge in [-0.2, -0.15) is 5.10 Å². The number of hydrazone groups is 1. The number of hydrogen-bond donors (Lipinski definition) is 2. The van der Waals surface area contributed by atoms with Crippen LogP contribution in [0.3, 0.4) is 0 Å². The molecule has 2 rings (SSSR count). The number of amides is 1. The lowest BCUT2D eigenvalue weighted by Gasteiger charge is -2.40. The van der Waals surface area contributed by atoms with Crippen molar-refractivity contribution in [3.05, 3.63) is 29.8 Å². The summed E-state index contributed by atoms with van der Waals surface area (Å²) in [6.07, 6.45) is 1.46. The number of nitrogens with zero attached hydrogens (tertiary/aromatic N) is 3. The molecular weight excluding hydrogens is 268 g/mol. The average Bonchev–Trinajstić information content (AvgIpc) is 2.44. The minimum absolute atomic E-state index is 0.103. The number of aromatic hydroxyl groups is 1. The first-order valence-corrected chi connectivity index (χ1v) is 7.10. The van der Waals surface area contributed by atoms with E-state index in [1.807, 2.05) is 0 Å². The molecule has 0 saturated carbocycles. The number of quaternary nitrogens is 1. The highest BCUT2D eigenvalue weighted by atomic mass is 16.3. The van der Waals surface area contributed by atoms with Gasteiger partial charge >= 0.3 is 0 Å². The molecule has 0 spiro atoms. The third-order valence-electron chi connectivity index (χ3n) is 3.90. The van der Waals surface area contributed by atoms with E-state index in [0.717, 1.165) is 30.7 Å². The molecule has 1 saturated heterocycles. The topological polar surface area (TPSA) is 64.9 Å². The van der Waals surface area contributed by atoms with E-state index in [1.165, 1.54) is 6.21 Å². The van der Waals surface area contributed by atoms with E-state index in [1.54, 1.807) is 24.3 Å². The van der Waals surface area contributed by atoms with Crippen molar-refractivity contribution in [1.82, 2.24) is 10.3 Å². The lowest BCUT2D eigenvalue weighted by molar-refractivity contribution is -0.906. The molecule has 0 radical (unpaired) electrons. The van der Waals surface area contributed by atoms with Crippen LogP contribution in [0.4, 0.5) is 0 Å². The molecule has 6 nitrogen and oxygen atoms in total. The van der Waals surface area contributed by atoms with Gasteiger partial charge in [-0.15, -0.1) is 0 Å². The molecule has 1 aliphatic heterocycles. The van der Waals surface area contributed by atoms with Crippen LogP contribution in [-0.4, -0.2) is 73.4 Å². The van der Waals surface area contributed by atoms with E-state index in [2.05, 4.69) is 29.5 Å². The van der Waals surface area contributed by atoms with Crippen LogP contribution in [0.25, 0.3) is 0 Å². The zero-order valence-corrected chi connectivity index (χ0v) is 12.6. The van der Waals surface area contributed by atoms with Gasteiger partial charge in [-0.25, -0.2) is 5.43 Å². The quantitative estimate of drug-likeness (QED) is 0.474. The fraction of sp³-hybridized carbons (Fsp3) is 0.467. The Morgan fingerprint density at radius 2 is 2.10 bits per heavy atom. The number of carbonyl (C=O) groups excluding carboxylic acids is 1. The van der Waals surface area contributed by atoms with E-state index in [0.29, 0.717) is 12.1 Å². The second-order valence-electron chi connectivity index (χ2n) is 5.88. The zero-order chi connectivity index (χ0) is 15.3. The summed E-state index contributed by atoms with van der Waals surface area (Å²) >= 11 is 0. The van der Waals surface area contributed by atoms with Crippen molar-refractivity contribution in [2.24, 2.45) is 5.10 Å². The number of piperazine rings is 1. The fourth-order valence-electron chi connectivity index (χ4n) is 2.36. The van der Waals surface area contributed by atoms with Crippen molar-refractivity contribution in [1.29, 1.82) is 0 Å². The van der Waals surface area contributed by atoms with Crippen LogP contribution in [0, 0.1) is 0 Å². The Labute approximate surface area is 125 Å². The maximum Gasteiger partial charge on any atom is 0.295 e. The van der Waals surface area contributed by atoms with Crippen molar-refractivity contribution in [3.63, 3.8) is 0 Å². The molecule has 1 fully saturated rings. The fourth-order valence-corrected chi connectivity index (χ4v) is 2.36. The second kappa shape index (κ2) is 6.69. The molecular formula is C15H23N4O2+. The van der Waals surface area contributed by atoms with Crippen molar-refractivity contribution >= 4 is 12.1 Å². The largest absolute Gasteiger partial charge is 0.507 e. The summed E-state index contributed by atoms with van der Waals surface area (Å²) in [6.45, 7) is 4.36. The summed E-state index contributed by atoms with van der Waals surface area (Å²) in [5, 5.41) is 13.5. The van der Waals surface area contributed by atoms with Gasteiger partial charge in [-0.05, 0) is 19.2 Å². The summed E-state index contributed by atoms with van der Waals surface area (Å²) < 4.78 is 0.738. The normalized spacial score (nSPS) is 18.8. The van der Waals surface area contributed by atoms with E-state index < -0.39 is 0 Å². The maximum atomic E-state index is 12.0. The highest BCUT2D eigenvalue weighted by Gasteiger charge is 2.29. The average molecular weight is 291 g/mol. The Kier molecular flexibility index (Phi) is 4.93. The van der Waals surface area contributed by atoms with E-state index in [9.17, 15) is 9.90 Å². The van der Waals surface area contributed by atoms with Crippen LogP contribution < -0.4 is 5.43 Å². The first-order chi connectivity index (χ1) is 9.98. The predicted molar refractivity (Wildman–Crippen MR) is 82.1 cm³/mol. The molecule has 1 amide bonds. The lowest BCUT2D eigenvalue weighted by Crippen LogP contribution is -2.59. The lowest BCUT2D eigenvalue weighted by atomic mass is 10.2. The number of nitrogens with one attached hydrogen (secondary N) is 1. The van der Waals surface area contributed by atoms with Gasteiger partial charge in [0.1, 0.15) is 5.75 Å². The Morgan fingerprint density at radius 3 is 2.76 bits per heavy atom. The van der Waals surface area contributed by atoms with Crippen LogP contribution in [-0.2, 0) is 4.79 Å². The van der Waals surface area contributed by atoms with Gasteiger partial charge in [-0.3, -0.25) is 9.69 Å². The Bertz CT molecular complexity index is 522. The summed E-state index contributed by atoms with van der Waals surface area (Å²) in [7, 11) is 4.19. The Balaban J connectivity index is 1.84. The Morgan fingerprint density at radius 1 is 1.43 bits per heavy atom. The maximum absolute atomic E-state index is 12.0. The summed E-state index contributed by atoms with van der Waals surface area (Å²) in [5.41, 5.74) is 3.11. The minimum atomic E-state index is -0.103. The molecule has 21 heavy (non-hydrogen) atoms. The monoisotopic (exact) mass is 291 g/mol. The van der Waals surface area contributed by atoms with Crippen molar-refractivity contribution < 1.29 is 14.4 Å². The summed E-state index contributed by atoms with van der Waals surface area (Å²) in [6, 6.07) is 6.86. The number of para-hydroxylation sites is 1. The van der Waals surface area contributed by atoms with Crippen molar-refractivity contribution in [3.8, 4) is 5.75 Å². The van der Waals surface area contributed by atoms with E-state index in [-0.39, 0.29) is 11.7 Å². The molecule has 6 heteroatoms. The number of benzene rings is 1. The van der Waals surface area contributed by atoms with Gasteiger partial charge in [0.15, 0.2) is 6.54 Å². The smallest absolute Gasteiger partial charge is 0.295 e. The van der Waals surface area contributed by atoms with Gasteiger partial charge in [-0.1, -0.05) is 12.1 Å². The molecule has 114 valence electrons. The number of likely N-dealkylation sites (N-methyl/N-ethyl adjacent to an activating group) is 2. The molecule has 2 N–H and O–H groups in total. The minimum Gasteiger partial charge on any atom is -0.507 e. The van der Waals surface area contributed by atoms with Gasteiger partial charge in [0.25, 0.3) is 5.91 Å². The third-order valence-corrected chi connectivity index (χ3v) is 3.90. The van der Waals surface area contributed by atoms with Crippen LogP contribution in [0.15, 0.2) is 29.4 Å². The van der Waals surface area contributed by atoms with Crippen LogP contribution >= 0.6 is 0 Å². The van der Waals surface area contributed by atoms with Crippen LogP contribution in [0.1, 0.15) is 5.56 Å². The van der Waals surface area contributed by atoms with Crippen LogP contribution in [0.5, 0.6) is 5.75 Å². The molecule has 1 aromatic carbocycles. The van der Waals surface area contributed by atoms with Crippen molar-refractivity contribution in [2.45, 2.75) is 0 Å². The number of rotatable bonds is 4. The molecule has 0 unspecified atom stereocenters. The molecule has 1 heterocycles. The number of carbonyl (C=O) groups is 1. The summed E-state index contributed by atoms with van der Waals surface area (Å²) in [4.78, 5) is 14.2. The SMILES string of the molecule is CN1CC[N+](C)(CC(=O)N/N=C/c2ccccc2O)CC1. The molecule has 1 aromatic rings. The first-order valence-electron chi connectivity index (χ1n) is 7.10. The second-order valence-corrected chi connectivity index (χ2v) is 5.88. The van der Waals surface area contributed by atoms with Gasteiger partial charge in [0.05, 0.1) is 26.4 Å². The molecule has 0 aromatic heterocycles. The predicted octanol–water partition coefficient (Wildman–Crippen LogP) is 0.234. The van der Waals surface area contributed by atoms with E-state index >= 15 is 0 Å². The van der Waals surface area contributed by atoms with Crippen molar-refractivity contribution in [2.75, 3.05) is 46.8 Å². The molecule has 1 aliphatic rings. The number of hydrogen-bond acceptors (Lipinski definition) is 4. The Hall–Kier alpha value is -1.92.